The number of rotatable bonds is 3. The van der Waals surface area contributed by atoms with Crippen LogP contribution in [0.15, 0.2) is 78.2 Å². The average Bonchev–Trinajstić information content (AvgIpc) is 3.15. The maximum atomic E-state index is 14.9. The first-order valence-electron chi connectivity index (χ1n) is 8.71. The van der Waals surface area contributed by atoms with Gasteiger partial charge in [0.1, 0.15) is 17.0 Å². The molecule has 0 aliphatic rings. The summed E-state index contributed by atoms with van der Waals surface area (Å²) in [6, 6.07) is 12.4. The summed E-state index contributed by atoms with van der Waals surface area (Å²) in [5.41, 5.74) is 3.66. The van der Waals surface area contributed by atoms with Crippen molar-refractivity contribution in [3.63, 3.8) is 0 Å². The van der Waals surface area contributed by atoms with E-state index in [0.717, 1.165) is 16.9 Å². The summed E-state index contributed by atoms with van der Waals surface area (Å²) < 4.78 is 18.3. The number of aromatic nitrogens is 5. The van der Waals surface area contributed by atoms with Crippen molar-refractivity contribution in [1.29, 1.82) is 0 Å². The van der Waals surface area contributed by atoms with E-state index in [1.54, 1.807) is 30.7 Å². The van der Waals surface area contributed by atoms with Crippen LogP contribution in [0.1, 0.15) is 5.56 Å². The molecule has 0 unspecified atom stereocenters. The minimum Gasteiger partial charge on any atom is -0.301 e. The Balaban J connectivity index is 1.57. The van der Waals surface area contributed by atoms with Crippen LogP contribution in [0.4, 0.5) is 4.39 Å². The molecule has 4 heterocycles. The molecule has 136 valence electrons. The van der Waals surface area contributed by atoms with E-state index in [9.17, 15) is 9.18 Å². The molecule has 5 rings (SSSR count). The highest BCUT2D eigenvalue weighted by Gasteiger charge is 2.12. The monoisotopic (exact) mass is 371 g/mol. The minimum absolute atomic E-state index is 0.112. The predicted molar refractivity (Wildman–Crippen MR) is 103 cm³/mol. The van der Waals surface area contributed by atoms with Crippen LogP contribution in [-0.4, -0.2) is 23.9 Å². The van der Waals surface area contributed by atoms with Crippen LogP contribution in [-0.2, 0) is 6.54 Å². The van der Waals surface area contributed by atoms with E-state index in [2.05, 4.69) is 15.0 Å². The van der Waals surface area contributed by atoms with Crippen LogP contribution in [0.3, 0.4) is 0 Å². The number of imidazole rings is 1. The zero-order valence-electron chi connectivity index (χ0n) is 14.7. The Bertz CT molecular complexity index is 1390. The first kappa shape index (κ1) is 16.3. The minimum atomic E-state index is -0.380. The van der Waals surface area contributed by atoms with Crippen LogP contribution in [0.5, 0.6) is 0 Å². The summed E-state index contributed by atoms with van der Waals surface area (Å²) in [6.07, 6.45) is 8.01. The van der Waals surface area contributed by atoms with E-state index in [0.29, 0.717) is 16.6 Å². The summed E-state index contributed by atoms with van der Waals surface area (Å²) in [4.78, 5) is 24.7. The van der Waals surface area contributed by atoms with Crippen molar-refractivity contribution in [3.8, 4) is 11.3 Å². The fraction of sp³-hybridized carbons (Fsp3) is 0.0476. The third-order valence-electron chi connectivity index (χ3n) is 4.74. The highest BCUT2D eigenvalue weighted by molar-refractivity contribution is 5.73. The van der Waals surface area contributed by atoms with Gasteiger partial charge in [0.05, 0.1) is 36.3 Å². The molecule has 1 aromatic carbocycles. The van der Waals surface area contributed by atoms with Crippen LogP contribution >= 0.6 is 0 Å². The molecule has 0 aliphatic carbocycles. The van der Waals surface area contributed by atoms with Gasteiger partial charge in [-0.1, -0.05) is 18.2 Å². The summed E-state index contributed by atoms with van der Waals surface area (Å²) >= 11 is 0. The summed E-state index contributed by atoms with van der Waals surface area (Å²) in [6.45, 7) is 0.112. The van der Waals surface area contributed by atoms with Crippen molar-refractivity contribution in [2.45, 2.75) is 6.54 Å². The molecule has 0 saturated carbocycles. The smallest absolute Gasteiger partial charge is 0.269 e. The van der Waals surface area contributed by atoms with E-state index >= 15 is 0 Å². The van der Waals surface area contributed by atoms with Crippen molar-refractivity contribution < 1.29 is 4.39 Å². The Morgan fingerprint density at radius 3 is 2.82 bits per heavy atom. The second kappa shape index (κ2) is 6.38. The molecule has 7 heteroatoms. The molecule has 0 bridgehead atoms. The van der Waals surface area contributed by atoms with Gasteiger partial charge in [-0.3, -0.25) is 14.2 Å². The Labute approximate surface area is 158 Å². The normalized spacial score (nSPS) is 11.3. The van der Waals surface area contributed by atoms with Gasteiger partial charge in [-0.15, -0.1) is 0 Å². The average molecular weight is 371 g/mol. The summed E-state index contributed by atoms with van der Waals surface area (Å²) in [7, 11) is 0. The van der Waals surface area contributed by atoms with Crippen molar-refractivity contribution >= 4 is 16.7 Å². The van der Waals surface area contributed by atoms with Gasteiger partial charge in [0.15, 0.2) is 0 Å². The van der Waals surface area contributed by atoms with E-state index in [4.69, 9.17) is 0 Å². The summed E-state index contributed by atoms with van der Waals surface area (Å²) in [5.74, 6) is -0.380. The topological polar surface area (TPSA) is 65.1 Å². The number of pyridine rings is 2. The van der Waals surface area contributed by atoms with Gasteiger partial charge in [-0.2, -0.15) is 0 Å². The Morgan fingerprint density at radius 2 is 1.93 bits per heavy atom. The maximum absolute atomic E-state index is 14.9. The molecule has 0 spiro atoms. The molecule has 0 aliphatic heterocycles. The fourth-order valence-electron chi connectivity index (χ4n) is 3.33. The predicted octanol–water partition coefficient (Wildman–Crippen LogP) is 3.29. The highest BCUT2D eigenvalue weighted by Crippen LogP contribution is 2.23. The van der Waals surface area contributed by atoms with Crippen molar-refractivity contribution in [2.24, 2.45) is 0 Å². The second-order valence-corrected chi connectivity index (χ2v) is 6.43. The highest BCUT2D eigenvalue weighted by atomic mass is 19.1. The second-order valence-electron chi connectivity index (χ2n) is 6.43. The lowest BCUT2D eigenvalue weighted by molar-refractivity contribution is 0.599. The van der Waals surface area contributed by atoms with Crippen LogP contribution in [0, 0.1) is 5.82 Å². The van der Waals surface area contributed by atoms with Crippen LogP contribution in [0.25, 0.3) is 27.9 Å². The van der Waals surface area contributed by atoms with Gasteiger partial charge in [0, 0.05) is 23.5 Å². The number of hydrogen-bond donors (Lipinski definition) is 0. The fourth-order valence-corrected chi connectivity index (χ4v) is 3.33. The molecule has 28 heavy (non-hydrogen) atoms. The van der Waals surface area contributed by atoms with Gasteiger partial charge in [0.25, 0.3) is 5.56 Å². The SMILES string of the molecule is O=c1cnc2cnccc2n1Cc1ccc(-c2cnc3ccccn23)cc1F. The largest absolute Gasteiger partial charge is 0.301 e. The standard InChI is InChI=1S/C21H14FN5O/c22-16-9-14(19-11-25-20-3-1-2-8-26(19)20)4-5-15(16)13-27-18-6-7-23-10-17(18)24-12-21(27)28/h1-12H,13H2. The summed E-state index contributed by atoms with van der Waals surface area (Å²) in [5, 5.41) is 0. The van der Waals surface area contributed by atoms with E-state index in [1.807, 2.05) is 34.9 Å². The number of hydrogen-bond acceptors (Lipinski definition) is 4. The number of benzene rings is 1. The van der Waals surface area contributed by atoms with Crippen molar-refractivity contribution in [1.82, 2.24) is 23.9 Å². The van der Waals surface area contributed by atoms with Gasteiger partial charge in [0.2, 0.25) is 0 Å². The zero-order valence-corrected chi connectivity index (χ0v) is 14.7. The maximum Gasteiger partial charge on any atom is 0.269 e. The van der Waals surface area contributed by atoms with E-state index in [1.165, 1.54) is 16.8 Å². The van der Waals surface area contributed by atoms with Gasteiger partial charge >= 0.3 is 0 Å². The van der Waals surface area contributed by atoms with E-state index < -0.39 is 0 Å². The molecular formula is C21H14FN5O. The molecule has 0 atom stereocenters. The van der Waals surface area contributed by atoms with E-state index in [-0.39, 0.29) is 17.9 Å². The molecule has 0 fully saturated rings. The molecule has 0 saturated heterocycles. The Hall–Kier alpha value is -3.87. The zero-order chi connectivity index (χ0) is 19.1. The molecule has 6 nitrogen and oxygen atoms in total. The van der Waals surface area contributed by atoms with Crippen molar-refractivity contribution in [2.75, 3.05) is 0 Å². The van der Waals surface area contributed by atoms with Crippen molar-refractivity contribution in [3.05, 3.63) is 95.2 Å². The third-order valence-corrected chi connectivity index (χ3v) is 4.74. The number of halogens is 1. The van der Waals surface area contributed by atoms with Crippen LogP contribution in [0.2, 0.25) is 0 Å². The Morgan fingerprint density at radius 1 is 1.00 bits per heavy atom. The molecule has 0 radical (unpaired) electrons. The first-order valence-corrected chi connectivity index (χ1v) is 8.71. The quantitative estimate of drug-likeness (QED) is 0.488. The molecule has 0 N–H and O–H groups in total. The molecular weight excluding hydrogens is 357 g/mol. The lowest BCUT2D eigenvalue weighted by atomic mass is 10.1. The lowest BCUT2D eigenvalue weighted by Crippen LogP contribution is -2.21. The first-order chi connectivity index (χ1) is 13.7. The number of fused-ring (bicyclic) bond motifs is 2. The van der Waals surface area contributed by atoms with Gasteiger partial charge in [-0.25, -0.2) is 14.4 Å². The van der Waals surface area contributed by atoms with Gasteiger partial charge in [-0.05, 0) is 24.3 Å². The molecule has 5 aromatic rings. The third kappa shape index (κ3) is 2.64. The molecule has 0 amide bonds. The van der Waals surface area contributed by atoms with Crippen LogP contribution < -0.4 is 5.56 Å². The Kier molecular flexibility index (Phi) is 3.72. The van der Waals surface area contributed by atoms with Gasteiger partial charge < -0.3 is 4.57 Å². The number of nitrogens with zero attached hydrogens (tertiary/aromatic N) is 5. The lowest BCUT2D eigenvalue weighted by Gasteiger charge is -2.11. The molecule has 4 aromatic heterocycles.